The summed E-state index contributed by atoms with van der Waals surface area (Å²) in [6, 6.07) is 0. The summed E-state index contributed by atoms with van der Waals surface area (Å²) < 4.78 is 4.57. The summed E-state index contributed by atoms with van der Waals surface area (Å²) >= 11 is 0. The Labute approximate surface area is 92.1 Å². The van der Waals surface area contributed by atoms with Gasteiger partial charge in [-0.15, -0.1) is 0 Å². The molecule has 0 aromatic carbocycles. The van der Waals surface area contributed by atoms with Gasteiger partial charge in [0.15, 0.2) is 0 Å². The van der Waals surface area contributed by atoms with Crippen molar-refractivity contribution in [1.29, 1.82) is 0 Å². The molecule has 15 heavy (non-hydrogen) atoms. The molecule has 0 saturated carbocycles. The Hall–Kier alpha value is -0.830. The number of carbonyl (C=O) groups excluding carboxylic acids is 1. The summed E-state index contributed by atoms with van der Waals surface area (Å²) in [6.45, 7) is 3.94. The molecule has 0 spiro atoms. The molecule has 2 unspecified atom stereocenters. The Balaban J connectivity index is 3.62. The molecule has 0 aliphatic heterocycles. The highest BCUT2D eigenvalue weighted by atomic mass is 16.5. The summed E-state index contributed by atoms with van der Waals surface area (Å²) in [5, 5.41) is 9.30. The van der Waals surface area contributed by atoms with Crippen molar-refractivity contribution >= 4 is 5.97 Å². The molecule has 3 heteroatoms. The van der Waals surface area contributed by atoms with Gasteiger partial charge in [-0.25, -0.2) is 0 Å². The van der Waals surface area contributed by atoms with E-state index >= 15 is 0 Å². The van der Waals surface area contributed by atoms with Crippen molar-refractivity contribution in [1.82, 2.24) is 0 Å². The number of allylic oxidation sites excluding steroid dienone is 2. The van der Waals surface area contributed by atoms with Crippen molar-refractivity contribution in [2.75, 3.05) is 7.11 Å². The van der Waals surface area contributed by atoms with Crippen molar-refractivity contribution in [3.05, 3.63) is 12.2 Å². The van der Waals surface area contributed by atoms with E-state index in [0.717, 1.165) is 19.3 Å². The van der Waals surface area contributed by atoms with E-state index in [1.165, 1.54) is 7.11 Å². The zero-order valence-electron chi connectivity index (χ0n) is 9.90. The minimum Gasteiger partial charge on any atom is -0.469 e. The average molecular weight is 214 g/mol. The Morgan fingerprint density at radius 3 is 2.73 bits per heavy atom. The van der Waals surface area contributed by atoms with Crippen LogP contribution in [0.3, 0.4) is 0 Å². The highest BCUT2D eigenvalue weighted by molar-refractivity contribution is 5.69. The van der Waals surface area contributed by atoms with Crippen LogP contribution in [0.1, 0.15) is 39.5 Å². The van der Waals surface area contributed by atoms with Gasteiger partial charge in [0.25, 0.3) is 0 Å². The first-order valence-electron chi connectivity index (χ1n) is 5.51. The van der Waals surface area contributed by atoms with E-state index < -0.39 is 0 Å². The molecule has 0 bridgehead atoms. The van der Waals surface area contributed by atoms with Crippen LogP contribution in [-0.2, 0) is 9.53 Å². The number of rotatable bonds is 7. The number of hydrogen-bond acceptors (Lipinski definition) is 3. The van der Waals surface area contributed by atoms with E-state index in [2.05, 4.69) is 4.74 Å². The molecular weight excluding hydrogens is 192 g/mol. The lowest BCUT2D eigenvalue weighted by atomic mass is 10.1. The molecular formula is C12H22O3. The van der Waals surface area contributed by atoms with Crippen molar-refractivity contribution in [2.24, 2.45) is 5.92 Å². The highest BCUT2D eigenvalue weighted by Crippen LogP contribution is 2.07. The topological polar surface area (TPSA) is 46.5 Å². The first-order chi connectivity index (χ1) is 7.10. The highest BCUT2D eigenvalue weighted by Gasteiger charge is 2.05. The van der Waals surface area contributed by atoms with Gasteiger partial charge in [0.05, 0.1) is 19.6 Å². The Bertz CT molecular complexity index is 199. The Morgan fingerprint density at radius 2 is 2.20 bits per heavy atom. The molecule has 0 amide bonds. The maximum atomic E-state index is 10.9. The maximum Gasteiger partial charge on any atom is 0.306 e. The first kappa shape index (κ1) is 14.2. The molecule has 0 saturated heterocycles. The summed E-state index contributed by atoms with van der Waals surface area (Å²) in [5.41, 5.74) is 0. The van der Waals surface area contributed by atoms with Crippen molar-refractivity contribution in [2.45, 2.75) is 45.6 Å². The SMILES string of the molecule is CCC(O)CCC=CC(C)CC(=O)OC. The van der Waals surface area contributed by atoms with Crippen LogP contribution in [0.25, 0.3) is 0 Å². The largest absolute Gasteiger partial charge is 0.469 e. The summed E-state index contributed by atoms with van der Waals surface area (Å²) in [7, 11) is 1.40. The number of hydrogen-bond donors (Lipinski definition) is 1. The van der Waals surface area contributed by atoms with Crippen molar-refractivity contribution in [3.8, 4) is 0 Å². The van der Waals surface area contributed by atoms with Gasteiger partial charge in [-0.3, -0.25) is 4.79 Å². The van der Waals surface area contributed by atoms with Gasteiger partial charge in [0.2, 0.25) is 0 Å². The van der Waals surface area contributed by atoms with Crippen LogP contribution in [0.5, 0.6) is 0 Å². The van der Waals surface area contributed by atoms with Crippen LogP contribution >= 0.6 is 0 Å². The summed E-state index contributed by atoms with van der Waals surface area (Å²) in [6.07, 6.45) is 6.68. The quantitative estimate of drug-likeness (QED) is 0.522. The molecule has 2 atom stereocenters. The Kier molecular flexibility index (Phi) is 8.01. The third-order valence-corrected chi connectivity index (χ3v) is 2.32. The second-order valence-corrected chi connectivity index (χ2v) is 3.83. The van der Waals surface area contributed by atoms with Crippen LogP contribution in [0.15, 0.2) is 12.2 Å². The third kappa shape index (κ3) is 8.18. The molecule has 3 nitrogen and oxygen atoms in total. The molecule has 0 radical (unpaired) electrons. The van der Waals surface area contributed by atoms with E-state index in [0.29, 0.717) is 6.42 Å². The Morgan fingerprint density at radius 1 is 1.53 bits per heavy atom. The minimum atomic E-state index is -0.203. The number of carbonyl (C=O) groups is 1. The average Bonchev–Trinajstić information content (AvgIpc) is 2.23. The third-order valence-electron chi connectivity index (χ3n) is 2.32. The lowest BCUT2D eigenvalue weighted by Crippen LogP contribution is -2.05. The van der Waals surface area contributed by atoms with Crippen LogP contribution in [0, 0.1) is 5.92 Å². The zero-order valence-corrected chi connectivity index (χ0v) is 9.90. The summed E-state index contributed by atoms with van der Waals surface area (Å²) in [4.78, 5) is 10.9. The molecule has 0 aromatic rings. The fourth-order valence-corrected chi connectivity index (χ4v) is 1.24. The number of methoxy groups -OCH3 is 1. The first-order valence-corrected chi connectivity index (χ1v) is 5.51. The smallest absolute Gasteiger partial charge is 0.306 e. The molecule has 0 fully saturated rings. The molecule has 0 heterocycles. The van der Waals surface area contributed by atoms with E-state index in [4.69, 9.17) is 0 Å². The minimum absolute atomic E-state index is 0.180. The van der Waals surface area contributed by atoms with E-state index in [1.54, 1.807) is 0 Å². The van der Waals surface area contributed by atoms with Gasteiger partial charge >= 0.3 is 5.97 Å². The predicted octanol–water partition coefficient (Wildman–Crippen LogP) is 2.29. The number of aliphatic hydroxyl groups excluding tert-OH is 1. The van der Waals surface area contributed by atoms with Crippen molar-refractivity contribution in [3.63, 3.8) is 0 Å². The van der Waals surface area contributed by atoms with Crippen LogP contribution < -0.4 is 0 Å². The van der Waals surface area contributed by atoms with Gasteiger partial charge in [0, 0.05) is 0 Å². The van der Waals surface area contributed by atoms with Crippen LogP contribution in [0.2, 0.25) is 0 Å². The van der Waals surface area contributed by atoms with E-state index in [1.807, 2.05) is 26.0 Å². The van der Waals surface area contributed by atoms with Crippen molar-refractivity contribution < 1.29 is 14.6 Å². The molecule has 0 rings (SSSR count). The lowest BCUT2D eigenvalue weighted by molar-refractivity contribution is -0.141. The molecule has 0 aliphatic rings. The molecule has 88 valence electrons. The van der Waals surface area contributed by atoms with Gasteiger partial charge in [-0.05, 0) is 25.2 Å². The molecule has 1 N–H and O–H groups in total. The van der Waals surface area contributed by atoms with Crippen LogP contribution in [-0.4, -0.2) is 24.3 Å². The van der Waals surface area contributed by atoms with Gasteiger partial charge in [-0.1, -0.05) is 26.0 Å². The second kappa shape index (κ2) is 8.48. The fraction of sp³-hybridized carbons (Fsp3) is 0.750. The fourth-order valence-electron chi connectivity index (χ4n) is 1.24. The monoisotopic (exact) mass is 214 g/mol. The normalized spacial score (nSPS) is 15.2. The van der Waals surface area contributed by atoms with Gasteiger partial charge in [-0.2, -0.15) is 0 Å². The van der Waals surface area contributed by atoms with E-state index in [-0.39, 0.29) is 18.0 Å². The molecule has 0 aliphatic carbocycles. The van der Waals surface area contributed by atoms with E-state index in [9.17, 15) is 9.90 Å². The second-order valence-electron chi connectivity index (χ2n) is 3.83. The number of esters is 1. The van der Waals surface area contributed by atoms with Gasteiger partial charge < -0.3 is 9.84 Å². The predicted molar refractivity (Wildman–Crippen MR) is 60.5 cm³/mol. The number of ether oxygens (including phenoxy) is 1. The number of aliphatic hydroxyl groups is 1. The lowest BCUT2D eigenvalue weighted by Gasteiger charge is -2.05. The maximum absolute atomic E-state index is 10.9. The molecule has 0 aromatic heterocycles. The zero-order chi connectivity index (χ0) is 11.7. The van der Waals surface area contributed by atoms with Crippen LogP contribution in [0.4, 0.5) is 0 Å². The standard InChI is InChI=1S/C12H22O3/c1-4-11(13)8-6-5-7-10(2)9-12(14)15-3/h5,7,10-11,13H,4,6,8-9H2,1-3H3. The summed E-state index contributed by atoms with van der Waals surface area (Å²) in [5.74, 6) is 0.0250. The van der Waals surface area contributed by atoms with Gasteiger partial charge in [0.1, 0.15) is 0 Å².